The lowest BCUT2D eigenvalue weighted by Crippen LogP contribution is -2.58. The lowest BCUT2D eigenvalue weighted by Gasteiger charge is -2.27. The normalized spacial score (nSPS) is 17.5. The van der Waals surface area contributed by atoms with E-state index in [1.54, 1.807) is 0 Å². The smallest absolute Gasteiger partial charge is 0.328 e. The van der Waals surface area contributed by atoms with E-state index in [0.717, 1.165) is 0 Å². The van der Waals surface area contributed by atoms with Crippen LogP contribution in [0.5, 0.6) is 0 Å². The molecule has 74 valence electrons. The van der Waals surface area contributed by atoms with Crippen LogP contribution in [0, 0.1) is 0 Å². The summed E-state index contributed by atoms with van der Waals surface area (Å²) in [7, 11) is 0. The zero-order chi connectivity index (χ0) is 9.83. The first-order valence-electron chi connectivity index (χ1n) is 2.37. The molecule has 1 unspecified atom stereocenters. The van der Waals surface area contributed by atoms with Gasteiger partial charge in [0.25, 0.3) is 0 Å². The average molecular weight is 188 g/mol. The van der Waals surface area contributed by atoms with Crippen LogP contribution in [-0.4, -0.2) is 33.1 Å². The second-order valence-electron chi connectivity index (χ2n) is 1.61. The molecule has 0 saturated heterocycles. The van der Waals surface area contributed by atoms with Gasteiger partial charge in [-0.25, -0.2) is 26.2 Å². The van der Waals surface area contributed by atoms with Gasteiger partial charge in [0, 0.05) is 0 Å². The van der Waals surface area contributed by atoms with E-state index in [-0.39, 0.29) is 0 Å². The van der Waals surface area contributed by atoms with Crippen molar-refractivity contribution in [2.24, 2.45) is 11.5 Å². The van der Waals surface area contributed by atoms with Gasteiger partial charge in [-0.05, 0) is 0 Å². The molecule has 0 aromatic carbocycles. The van der Waals surface area contributed by atoms with Crippen molar-refractivity contribution in [3.63, 3.8) is 0 Å². The van der Waals surface area contributed by atoms with E-state index in [9.17, 15) is 0 Å². The molecule has 0 bridgehead atoms. The third kappa shape index (κ3) is 3.33. The van der Waals surface area contributed by atoms with Crippen LogP contribution in [0.15, 0.2) is 0 Å². The van der Waals surface area contributed by atoms with Crippen LogP contribution in [0.3, 0.4) is 0 Å². The summed E-state index contributed by atoms with van der Waals surface area (Å²) in [5.41, 5.74) is 9.21. The topological polar surface area (TPSA) is 170 Å². The van der Waals surface area contributed by atoms with Gasteiger partial charge < -0.3 is 5.11 Å². The highest BCUT2D eigenvalue weighted by Gasteiger charge is 2.41. The van der Waals surface area contributed by atoms with E-state index in [2.05, 4.69) is 30.9 Å². The second-order valence-corrected chi connectivity index (χ2v) is 1.61. The summed E-state index contributed by atoms with van der Waals surface area (Å²) in [6.45, 7) is 0. The molecule has 1 atom stereocenters. The Morgan fingerprint density at radius 1 is 0.917 bits per heavy atom. The summed E-state index contributed by atoms with van der Waals surface area (Å²) in [6.07, 6.45) is -6.09. The average Bonchev–Trinajstić information content (AvgIpc) is 2.04. The van der Waals surface area contributed by atoms with Gasteiger partial charge in [0.15, 0.2) is 0 Å². The van der Waals surface area contributed by atoms with E-state index in [1.807, 2.05) is 0 Å². The maximum absolute atomic E-state index is 8.54. The molecule has 0 aromatic rings. The molecule has 0 amide bonds. The first-order valence-corrected chi connectivity index (χ1v) is 2.37. The molecule has 0 saturated carbocycles. The van der Waals surface area contributed by atoms with Crippen molar-refractivity contribution < 1.29 is 40.3 Å². The lowest BCUT2D eigenvalue weighted by atomic mass is 10.9. The van der Waals surface area contributed by atoms with Crippen molar-refractivity contribution in [2.45, 2.75) is 12.2 Å². The Bertz CT molecular complexity index is 133. The molecule has 10 nitrogen and oxygen atoms in total. The standard InChI is InChI=1S/C2H8N2O8/c3-1(5,10-6)9-2(4,11-7)12-8/h5-8H,3-4H2. The molecule has 0 fully saturated rings. The quantitative estimate of drug-likeness (QED) is 0.155. The summed E-state index contributed by atoms with van der Waals surface area (Å²) in [4.78, 5) is 9.44. The summed E-state index contributed by atoms with van der Waals surface area (Å²) >= 11 is 0. The van der Waals surface area contributed by atoms with Crippen LogP contribution < -0.4 is 11.5 Å². The van der Waals surface area contributed by atoms with Gasteiger partial charge in [-0.2, -0.15) is 14.7 Å². The van der Waals surface area contributed by atoms with Gasteiger partial charge in [-0.1, -0.05) is 0 Å². The molecule has 0 radical (unpaired) electrons. The van der Waals surface area contributed by atoms with Gasteiger partial charge in [0.05, 0.1) is 0 Å². The third-order valence-electron chi connectivity index (χ3n) is 0.674. The zero-order valence-electron chi connectivity index (χ0n) is 5.58. The van der Waals surface area contributed by atoms with Crippen LogP contribution in [0.4, 0.5) is 0 Å². The number of aliphatic hydroxyl groups is 1. The maximum Gasteiger partial charge on any atom is 0.406 e. The predicted octanol–water partition coefficient (Wildman–Crippen LogP) is -2.40. The van der Waals surface area contributed by atoms with Crippen LogP contribution in [0.1, 0.15) is 0 Å². The third-order valence-corrected chi connectivity index (χ3v) is 0.674. The van der Waals surface area contributed by atoms with Crippen LogP contribution >= 0.6 is 0 Å². The summed E-state index contributed by atoms with van der Waals surface area (Å²) in [6, 6.07) is 0. The Kier molecular flexibility index (Phi) is 3.88. The fraction of sp³-hybridized carbons (Fsp3) is 1.00. The van der Waals surface area contributed by atoms with Crippen molar-refractivity contribution in [3.8, 4) is 0 Å². The number of hydrogen-bond acceptors (Lipinski definition) is 10. The molecule has 0 aliphatic carbocycles. The predicted molar refractivity (Wildman–Crippen MR) is 28.3 cm³/mol. The number of hydrogen-bond donors (Lipinski definition) is 6. The SMILES string of the molecule is NC(O)(OO)OC(N)(OO)OO. The number of ether oxygens (including phenoxy) is 1. The van der Waals surface area contributed by atoms with Crippen LogP contribution in [0.2, 0.25) is 0 Å². The van der Waals surface area contributed by atoms with Crippen molar-refractivity contribution >= 4 is 0 Å². The Morgan fingerprint density at radius 3 is 1.58 bits per heavy atom. The molecule has 0 aromatic heterocycles. The van der Waals surface area contributed by atoms with Gasteiger partial charge >= 0.3 is 12.2 Å². The highest BCUT2D eigenvalue weighted by atomic mass is 17.3. The van der Waals surface area contributed by atoms with Crippen molar-refractivity contribution in [1.29, 1.82) is 0 Å². The van der Waals surface area contributed by atoms with Gasteiger partial charge in [0.1, 0.15) is 0 Å². The lowest BCUT2D eigenvalue weighted by molar-refractivity contribution is -0.622. The Morgan fingerprint density at radius 2 is 1.33 bits per heavy atom. The fourth-order valence-corrected chi connectivity index (χ4v) is 0.276. The first-order chi connectivity index (χ1) is 5.39. The Labute approximate surface area is 65.2 Å². The molecule has 0 rings (SSSR count). The zero-order valence-corrected chi connectivity index (χ0v) is 5.58. The van der Waals surface area contributed by atoms with Crippen molar-refractivity contribution in [3.05, 3.63) is 0 Å². The molecule has 10 heteroatoms. The summed E-state index contributed by atoms with van der Waals surface area (Å²) in [5.74, 6) is 0. The minimum atomic E-state index is -3.11. The number of nitrogens with two attached hydrogens (primary N) is 2. The molecule has 0 aliphatic heterocycles. The van der Waals surface area contributed by atoms with Crippen LogP contribution in [-0.2, 0) is 19.4 Å². The second kappa shape index (κ2) is 4.01. The first kappa shape index (κ1) is 11.6. The minimum absolute atomic E-state index is 2.98. The monoisotopic (exact) mass is 188 g/mol. The van der Waals surface area contributed by atoms with Gasteiger partial charge in [-0.15, -0.1) is 0 Å². The maximum atomic E-state index is 8.54. The molecule has 0 spiro atoms. The van der Waals surface area contributed by atoms with Crippen LogP contribution in [0.25, 0.3) is 0 Å². The molecule has 8 N–H and O–H groups in total. The molecule has 0 aliphatic rings. The Balaban J connectivity index is 4.20. The molecule has 12 heavy (non-hydrogen) atoms. The van der Waals surface area contributed by atoms with E-state index >= 15 is 0 Å². The highest BCUT2D eigenvalue weighted by Crippen LogP contribution is 2.11. The number of rotatable bonds is 5. The van der Waals surface area contributed by atoms with E-state index in [1.165, 1.54) is 0 Å². The summed E-state index contributed by atoms with van der Waals surface area (Å²) < 4.78 is 3.77. The largest absolute Gasteiger partial charge is 0.406 e. The van der Waals surface area contributed by atoms with Crippen molar-refractivity contribution in [1.82, 2.24) is 0 Å². The molecular formula is C2H8N2O8. The van der Waals surface area contributed by atoms with E-state index < -0.39 is 12.2 Å². The highest BCUT2D eigenvalue weighted by molar-refractivity contribution is 4.43. The minimum Gasteiger partial charge on any atom is -0.328 e. The summed E-state index contributed by atoms with van der Waals surface area (Å²) in [5, 5.41) is 32.2. The molecule has 0 heterocycles. The van der Waals surface area contributed by atoms with Gasteiger partial charge in [-0.3, -0.25) is 5.73 Å². The Hall–Kier alpha value is -0.400. The van der Waals surface area contributed by atoms with E-state index in [4.69, 9.17) is 20.9 Å². The fourth-order valence-electron chi connectivity index (χ4n) is 0.276. The molecular weight excluding hydrogens is 180 g/mol. The van der Waals surface area contributed by atoms with Gasteiger partial charge in [0.2, 0.25) is 0 Å². The van der Waals surface area contributed by atoms with Crippen molar-refractivity contribution in [2.75, 3.05) is 0 Å². The van der Waals surface area contributed by atoms with E-state index in [0.29, 0.717) is 0 Å².